The van der Waals surface area contributed by atoms with E-state index in [1.165, 1.54) is 19.6 Å². The van der Waals surface area contributed by atoms with Crippen LogP contribution < -0.4 is 5.32 Å². The molecule has 0 spiro atoms. The van der Waals surface area contributed by atoms with Gasteiger partial charge in [-0.3, -0.25) is 4.79 Å². The number of carbonyl (C=O) groups excluding carboxylic acids is 5. The zero-order chi connectivity index (χ0) is 39.8. The number of hydrogen-bond donors (Lipinski definition) is 1. The van der Waals surface area contributed by atoms with Gasteiger partial charge in [0, 0.05) is 58.3 Å². The van der Waals surface area contributed by atoms with Gasteiger partial charge in [0.1, 0.15) is 30.0 Å². The van der Waals surface area contributed by atoms with Crippen molar-refractivity contribution < 1.29 is 42.9 Å². The first-order chi connectivity index (χ1) is 25.2. The first-order valence-corrected chi connectivity index (χ1v) is 18.5. The van der Waals surface area contributed by atoms with E-state index in [9.17, 15) is 24.0 Å². The van der Waals surface area contributed by atoms with E-state index in [4.69, 9.17) is 18.9 Å². The number of amides is 5. The van der Waals surface area contributed by atoms with Crippen LogP contribution >= 0.6 is 0 Å². The van der Waals surface area contributed by atoms with Gasteiger partial charge in [0.15, 0.2) is 0 Å². The molecule has 0 aromatic heterocycles. The second-order valence-electron chi connectivity index (χ2n) is 16.5. The summed E-state index contributed by atoms with van der Waals surface area (Å²) in [5, 5.41) is 2.58. The number of carbonyl (C=O) groups is 5. The van der Waals surface area contributed by atoms with Crippen LogP contribution in [0.15, 0.2) is 48.5 Å². The first kappa shape index (κ1) is 41.7. The molecule has 2 aliphatic rings. The molecule has 2 aromatic rings. The average Bonchev–Trinajstić information content (AvgIpc) is 3.37. The van der Waals surface area contributed by atoms with Crippen molar-refractivity contribution in [1.82, 2.24) is 24.9 Å². The molecule has 0 bridgehead atoms. The van der Waals surface area contributed by atoms with Gasteiger partial charge < -0.3 is 43.9 Å². The smallest absolute Gasteiger partial charge is 0.410 e. The second kappa shape index (κ2) is 17.4. The Hall–Kier alpha value is -5.01. The van der Waals surface area contributed by atoms with Crippen LogP contribution in [-0.2, 0) is 23.7 Å². The lowest BCUT2D eigenvalue weighted by Gasteiger charge is -2.35. The number of alkyl carbamates (subject to hydrolysis) is 1. The Labute approximate surface area is 319 Å². The summed E-state index contributed by atoms with van der Waals surface area (Å²) in [5.74, 6) is -0.581. The molecule has 296 valence electrons. The number of nitrogens with zero attached hydrogens (tertiary/aromatic N) is 4. The lowest BCUT2D eigenvalue weighted by Crippen LogP contribution is -2.53. The Morgan fingerprint density at radius 3 is 1.24 bits per heavy atom. The van der Waals surface area contributed by atoms with Gasteiger partial charge in [0.25, 0.3) is 0 Å². The van der Waals surface area contributed by atoms with Crippen LogP contribution in [0.1, 0.15) is 79.4 Å². The van der Waals surface area contributed by atoms with Crippen LogP contribution in [0.3, 0.4) is 0 Å². The summed E-state index contributed by atoms with van der Waals surface area (Å²) in [6, 6.07) is 16.0. The molecule has 0 radical (unpaired) electrons. The fourth-order valence-electron chi connectivity index (χ4n) is 6.10. The molecule has 1 saturated heterocycles. The summed E-state index contributed by atoms with van der Waals surface area (Å²) in [7, 11) is 0. The molecule has 14 nitrogen and oxygen atoms in total. The van der Waals surface area contributed by atoms with Crippen molar-refractivity contribution in [3.8, 4) is 11.1 Å². The Kier molecular flexibility index (Phi) is 13.5. The highest BCUT2D eigenvalue weighted by molar-refractivity contribution is 5.83. The average molecular weight is 752 g/mol. The van der Waals surface area contributed by atoms with Gasteiger partial charge in [0.2, 0.25) is 5.91 Å². The molecule has 1 N–H and O–H groups in total. The molecule has 1 aliphatic carbocycles. The molecule has 4 rings (SSSR count). The van der Waals surface area contributed by atoms with E-state index in [2.05, 4.69) is 17.4 Å². The Morgan fingerprint density at radius 2 is 0.889 bits per heavy atom. The van der Waals surface area contributed by atoms with Crippen LogP contribution in [0.4, 0.5) is 19.2 Å². The Bertz CT molecular complexity index is 1570. The molecule has 1 aliphatic heterocycles. The number of nitrogens with one attached hydrogen (secondary N) is 1. The number of benzene rings is 2. The minimum Gasteiger partial charge on any atom is -0.449 e. The third-order valence-corrected chi connectivity index (χ3v) is 8.59. The molecule has 1 heterocycles. The van der Waals surface area contributed by atoms with E-state index < -0.39 is 47.1 Å². The predicted molar refractivity (Wildman–Crippen MR) is 203 cm³/mol. The van der Waals surface area contributed by atoms with Crippen LogP contribution in [0.25, 0.3) is 11.1 Å². The minimum absolute atomic E-state index is 0.0546. The molecule has 2 aromatic carbocycles. The van der Waals surface area contributed by atoms with E-state index in [1.807, 2.05) is 36.4 Å². The standard InChI is InChI=1S/C40H57N5O9/c1-38(2,3)52-35(48)43-20-18-42(19-21-44(36(49)53-39(4,5)6)23-25-45(24-22-43)37(50)54-40(7,8)9)33(46)26-41-34(47)51-27-32-30-16-12-10-14-28(30)29-15-11-13-17-31(29)32/h10-17,32H,18-27H2,1-9H3,(H,41,47). The SMILES string of the molecule is CC(C)(C)OC(=O)N1CCN(C(=O)CNC(=O)OCC2c3ccccc3-c3ccccc32)CCN(C(=O)OC(C)(C)C)CCN(C(=O)OC(C)(C)C)CC1. The summed E-state index contributed by atoms with van der Waals surface area (Å²) in [5.41, 5.74) is 1.99. The maximum absolute atomic E-state index is 13.7. The van der Waals surface area contributed by atoms with Crippen LogP contribution in [0, 0.1) is 0 Å². The highest BCUT2D eigenvalue weighted by Gasteiger charge is 2.32. The molecule has 14 heteroatoms. The van der Waals surface area contributed by atoms with Crippen molar-refractivity contribution in [3.63, 3.8) is 0 Å². The van der Waals surface area contributed by atoms with Gasteiger partial charge in [-0.25, -0.2) is 19.2 Å². The van der Waals surface area contributed by atoms with Crippen molar-refractivity contribution in [2.45, 2.75) is 85.0 Å². The maximum Gasteiger partial charge on any atom is 0.410 e. The van der Waals surface area contributed by atoms with Crippen molar-refractivity contribution in [2.75, 3.05) is 65.5 Å². The van der Waals surface area contributed by atoms with Crippen LogP contribution in [0.5, 0.6) is 0 Å². The molecule has 5 amide bonds. The molecule has 0 atom stereocenters. The van der Waals surface area contributed by atoms with Gasteiger partial charge in [0.05, 0.1) is 0 Å². The lowest BCUT2D eigenvalue weighted by molar-refractivity contribution is -0.130. The fourth-order valence-corrected chi connectivity index (χ4v) is 6.10. The number of rotatable bonds is 4. The summed E-state index contributed by atoms with van der Waals surface area (Å²) >= 11 is 0. The van der Waals surface area contributed by atoms with Gasteiger partial charge in [-0.15, -0.1) is 0 Å². The Balaban J connectivity index is 1.48. The fraction of sp³-hybridized carbons (Fsp3) is 0.575. The minimum atomic E-state index is -0.790. The molecule has 0 unspecified atom stereocenters. The predicted octanol–water partition coefficient (Wildman–Crippen LogP) is 6.08. The first-order valence-electron chi connectivity index (χ1n) is 18.5. The summed E-state index contributed by atoms with van der Waals surface area (Å²) < 4.78 is 22.6. The maximum atomic E-state index is 13.7. The monoisotopic (exact) mass is 751 g/mol. The van der Waals surface area contributed by atoms with Crippen LogP contribution in [-0.4, -0.2) is 132 Å². The van der Waals surface area contributed by atoms with E-state index in [0.29, 0.717) is 0 Å². The normalized spacial score (nSPS) is 15.9. The summed E-state index contributed by atoms with van der Waals surface area (Å²) in [6.07, 6.45) is -2.55. The van der Waals surface area contributed by atoms with Crippen molar-refractivity contribution >= 4 is 30.3 Å². The Morgan fingerprint density at radius 1 is 0.556 bits per heavy atom. The number of ether oxygens (including phenoxy) is 4. The molecular weight excluding hydrogens is 694 g/mol. The summed E-state index contributed by atoms with van der Waals surface area (Å²) in [4.78, 5) is 72.5. The van der Waals surface area contributed by atoms with E-state index >= 15 is 0 Å². The zero-order valence-corrected chi connectivity index (χ0v) is 33.2. The van der Waals surface area contributed by atoms with Gasteiger partial charge in [-0.2, -0.15) is 0 Å². The van der Waals surface area contributed by atoms with Gasteiger partial charge in [-0.1, -0.05) is 48.5 Å². The lowest BCUT2D eigenvalue weighted by atomic mass is 9.98. The highest BCUT2D eigenvalue weighted by Crippen LogP contribution is 2.44. The molecular formula is C40H57N5O9. The third-order valence-electron chi connectivity index (χ3n) is 8.59. The quantitative estimate of drug-likeness (QED) is 0.368. The summed E-state index contributed by atoms with van der Waals surface area (Å²) in [6.45, 7) is 16.0. The van der Waals surface area contributed by atoms with Crippen molar-refractivity contribution in [1.29, 1.82) is 0 Å². The zero-order valence-electron chi connectivity index (χ0n) is 33.2. The second-order valence-corrected chi connectivity index (χ2v) is 16.5. The van der Waals surface area contributed by atoms with Crippen molar-refractivity contribution in [3.05, 3.63) is 59.7 Å². The van der Waals surface area contributed by atoms with E-state index in [0.717, 1.165) is 22.3 Å². The topological polar surface area (TPSA) is 147 Å². The van der Waals surface area contributed by atoms with E-state index in [-0.39, 0.29) is 71.4 Å². The van der Waals surface area contributed by atoms with Gasteiger partial charge >= 0.3 is 24.4 Å². The number of fused-ring (bicyclic) bond motifs is 3. The van der Waals surface area contributed by atoms with Gasteiger partial charge in [-0.05, 0) is 84.6 Å². The van der Waals surface area contributed by atoms with Crippen LogP contribution in [0.2, 0.25) is 0 Å². The molecule has 1 fully saturated rings. The largest absolute Gasteiger partial charge is 0.449 e. The highest BCUT2D eigenvalue weighted by atomic mass is 16.6. The third kappa shape index (κ3) is 12.3. The van der Waals surface area contributed by atoms with Crippen molar-refractivity contribution in [2.24, 2.45) is 0 Å². The molecule has 0 saturated carbocycles. The number of hydrogen-bond acceptors (Lipinski definition) is 9. The van der Waals surface area contributed by atoms with E-state index in [1.54, 1.807) is 62.3 Å². The molecule has 54 heavy (non-hydrogen) atoms.